The Morgan fingerprint density at radius 2 is 2.00 bits per heavy atom. The Balaban J connectivity index is 2.92. The molecular weight excluding hydrogens is 292 g/mol. The molecule has 5 nitrogen and oxygen atoms in total. The lowest BCUT2D eigenvalue weighted by molar-refractivity contribution is -0.153. The molecule has 1 fully saturated rings. The Labute approximate surface area is 141 Å². The van der Waals surface area contributed by atoms with Crippen LogP contribution in [0, 0.1) is 5.92 Å². The summed E-state index contributed by atoms with van der Waals surface area (Å²) in [5, 5.41) is 3.98. The Bertz CT molecular complexity index is 358. The molecule has 1 aliphatic rings. The van der Waals surface area contributed by atoms with Crippen molar-refractivity contribution < 1.29 is 14.3 Å². The highest BCUT2D eigenvalue weighted by atomic mass is 16.7. The maximum Gasteiger partial charge on any atom is 0.224 e. The minimum atomic E-state index is -0.126. The van der Waals surface area contributed by atoms with E-state index in [1.54, 1.807) is 7.11 Å². The molecule has 0 aromatic carbocycles. The zero-order valence-electron chi connectivity index (χ0n) is 15.4. The number of hydrogen-bond donors (Lipinski definition) is 0. The first-order valence-corrected chi connectivity index (χ1v) is 8.87. The highest BCUT2D eigenvalue weighted by molar-refractivity contribution is 5.48. The van der Waals surface area contributed by atoms with Gasteiger partial charge >= 0.3 is 0 Å². The number of allylic oxidation sites excluding steroid dienone is 1. The van der Waals surface area contributed by atoms with Gasteiger partial charge in [0.05, 0.1) is 12.1 Å². The fourth-order valence-corrected chi connectivity index (χ4v) is 3.13. The van der Waals surface area contributed by atoms with Gasteiger partial charge in [0.1, 0.15) is 6.79 Å². The average molecular weight is 326 g/mol. The van der Waals surface area contributed by atoms with Gasteiger partial charge in [0.15, 0.2) is 0 Å². The monoisotopic (exact) mass is 326 g/mol. The van der Waals surface area contributed by atoms with Crippen LogP contribution < -0.4 is 0 Å². The third kappa shape index (κ3) is 5.90. The van der Waals surface area contributed by atoms with Crippen LogP contribution in [0.25, 0.3) is 0 Å². The van der Waals surface area contributed by atoms with Crippen LogP contribution in [0.3, 0.4) is 0 Å². The smallest absolute Gasteiger partial charge is 0.224 e. The number of methoxy groups -OCH3 is 1. The summed E-state index contributed by atoms with van der Waals surface area (Å²) in [5.41, 5.74) is 0. The summed E-state index contributed by atoms with van der Waals surface area (Å²) in [7, 11) is 1.61. The molecule has 0 aromatic heterocycles. The van der Waals surface area contributed by atoms with Gasteiger partial charge in [-0.2, -0.15) is 0 Å². The number of ether oxygens (including phenoxy) is 2. The van der Waals surface area contributed by atoms with Gasteiger partial charge < -0.3 is 9.47 Å². The zero-order chi connectivity index (χ0) is 17.2. The van der Waals surface area contributed by atoms with Crippen molar-refractivity contribution in [2.24, 2.45) is 5.92 Å². The van der Waals surface area contributed by atoms with Gasteiger partial charge in [-0.25, -0.2) is 5.01 Å². The summed E-state index contributed by atoms with van der Waals surface area (Å²) < 4.78 is 10.8. The quantitative estimate of drug-likeness (QED) is 0.332. The van der Waals surface area contributed by atoms with E-state index in [4.69, 9.17) is 9.47 Å². The molecule has 1 saturated heterocycles. The molecular formula is C18H34N2O3. The highest BCUT2D eigenvalue weighted by Gasteiger charge is 2.32. The van der Waals surface area contributed by atoms with E-state index in [-0.39, 0.29) is 18.9 Å². The van der Waals surface area contributed by atoms with Crippen molar-refractivity contribution in [2.45, 2.75) is 71.6 Å². The van der Waals surface area contributed by atoms with Crippen LogP contribution in [0.4, 0.5) is 0 Å². The SMILES string of the molecule is CCC(/C=C/C(C(C)OCOC)N(C=O)N1CCCC1C)CC. The summed E-state index contributed by atoms with van der Waals surface area (Å²) in [6.45, 7) is 9.71. The molecule has 0 radical (unpaired) electrons. The number of carbonyl (C=O) groups is 1. The Kier molecular flexibility index (Phi) is 9.44. The van der Waals surface area contributed by atoms with Crippen LogP contribution in [-0.4, -0.2) is 55.1 Å². The second-order valence-electron chi connectivity index (χ2n) is 6.37. The molecule has 0 saturated carbocycles. The zero-order valence-corrected chi connectivity index (χ0v) is 15.4. The van der Waals surface area contributed by atoms with Gasteiger partial charge in [-0.1, -0.05) is 26.0 Å². The second kappa shape index (κ2) is 10.8. The highest BCUT2D eigenvalue weighted by Crippen LogP contribution is 2.23. The minimum absolute atomic E-state index is 0.108. The van der Waals surface area contributed by atoms with E-state index in [1.165, 1.54) is 0 Å². The maximum atomic E-state index is 11.8. The predicted octanol–water partition coefficient (Wildman–Crippen LogP) is 3.21. The van der Waals surface area contributed by atoms with Crippen LogP contribution in [0.15, 0.2) is 12.2 Å². The second-order valence-corrected chi connectivity index (χ2v) is 6.37. The number of hydrogen-bond acceptors (Lipinski definition) is 4. The molecule has 0 bridgehead atoms. The fraction of sp³-hybridized carbons (Fsp3) is 0.833. The van der Waals surface area contributed by atoms with Crippen molar-refractivity contribution in [3.63, 3.8) is 0 Å². The molecule has 5 heteroatoms. The van der Waals surface area contributed by atoms with Gasteiger partial charge in [-0.3, -0.25) is 9.80 Å². The van der Waals surface area contributed by atoms with Crippen LogP contribution in [-0.2, 0) is 14.3 Å². The topological polar surface area (TPSA) is 42.0 Å². The summed E-state index contributed by atoms with van der Waals surface area (Å²) in [6, 6.07) is 0.280. The van der Waals surface area contributed by atoms with E-state index in [9.17, 15) is 4.79 Å². The molecule has 134 valence electrons. The number of amides is 1. The number of rotatable bonds is 11. The van der Waals surface area contributed by atoms with Gasteiger partial charge in [0.25, 0.3) is 0 Å². The van der Waals surface area contributed by atoms with E-state index in [0.29, 0.717) is 12.0 Å². The van der Waals surface area contributed by atoms with Gasteiger partial charge in [0, 0.05) is 19.7 Å². The number of nitrogens with zero attached hydrogens (tertiary/aromatic N) is 2. The molecule has 0 spiro atoms. The lowest BCUT2D eigenvalue weighted by atomic mass is 10.0. The lowest BCUT2D eigenvalue weighted by Crippen LogP contribution is -2.53. The number of carbonyl (C=O) groups excluding carboxylic acids is 1. The van der Waals surface area contributed by atoms with Crippen LogP contribution >= 0.6 is 0 Å². The Hall–Kier alpha value is -0.910. The van der Waals surface area contributed by atoms with E-state index >= 15 is 0 Å². The van der Waals surface area contributed by atoms with Crippen molar-refractivity contribution in [2.75, 3.05) is 20.4 Å². The first-order chi connectivity index (χ1) is 11.1. The molecule has 1 rings (SSSR count). The predicted molar refractivity (Wildman–Crippen MR) is 92.7 cm³/mol. The van der Waals surface area contributed by atoms with E-state index in [0.717, 1.165) is 38.6 Å². The van der Waals surface area contributed by atoms with Crippen molar-refractivity contribution in [3.05, 3.63) is 12.2 Å². The number of hydrazine groups is 1. The summed E-state index contributed by atoms with van der Waals surface area (Å²) >= 11 is 0. The van der Waals surface area contributed by atoms with Crippen molar-refractivity contribution in [3.8, 4) is 0 Å². The van der Waals surface area contributed by atoms with Crippen molar-refractivity contribution >= 4 is 6.41 Å². The molecule has 3 atom stereocenters. The van der Waals surface area contributed by atoms with E-state index in [1.807, 2.05) is 11.9 Å². The standard InChI is InChI=1S/C18H34N2O3/c1-6-17(7-2)10-11-18(16(4)23-14-22-5)20(13-21)19-12-8-9-15(19)3/h10-11,13,15-18H,6-9,12,14H2,1-5H3/b11-10+. The van der Waals surface area contributed by atoms with Crippen molar-refractivity contribution in [1.29, 1.82) is 0 Å². The largest absolute Gasteiger partial charge is 0.359 e. The Morgan fingerprint density at radius 3 is 2.48 bits per heavy atom. The molecule has 0 aliphatic carbocycles. The third-order valence-corrected chi connectivity index (χ3v) is 4.79. The molecule has 23 heavy (non-hydrogen) atoms. The normalized spacial score (nSPS) is 21.9. The molecule has 1 heterocycles. The van der Waals surface area contributed by atoms with Gasteiger partial charge in [-0.05, 0) is 45.4 Å². The maximum absolute atomic E-state index is 11.8. The van der Waals surface area contributed by atoms with Gasteiger partial charge in [0.2, 0.25) is 6.41 Å². The molecule has 3 unspecified atom stereocenters. The van der Waals surface area contributed by atoms with E-state index < -0.39 is 0 Å². The molecule has 0 N–H and O–H groups in total. The Morgan fingerprint density at radius 1 is 1.30 bits per heavy atom. The lowest BCUT2D eigenvalue weighted by Gasteiger charge is -2.39. The molecule has 1 aliphatic heterocycles. The first kappa shape index (κ1) is 20.1. The first-order valence-electron chi connectivity index (χ1n) is 8.87. The summed E-state index contributed by atoms with van der Waals surface area (Å²) in [6.07, 6.45) is 9.64. The van der Waals surface area contributed by atoms with Crippen molar-refractivity contribution in [1.82, 2.24) is 10.0 Å². The third-order valence-electron chi connectivity index (χ3n) is 4.79. The summed E-state index contributed by atoms with van der Waals surface area (Å²) in [5.74, 6) is 0.539. The van der Waals surface area contributed by atoms with Gasteiger partial charge in [-0.15, -0.1) is 0 Å². The minimum Gasteiger partial charge on any atom is -0.359 e. The van der Waals surface area contributed by atoms with Crippen LogP contribution in [0.1, 0.15) is 53.4 Å². The summed E-state index contributed by atoms with van der Waals surface area (Å²) in [4.78, 5) is 11.8. The molecule has 0 aromatic rings. The molecule has 1 amide bonds. The van der Waals surface area contributed by atoms with Crippen LogP contribution in [0.2, 0.25) is 0 Å². The fourth-order valence-electron chi connectivity index (χ4n) is 3.13. The van der Waals surface area contributed by atoms with E-state index in [2.05, 4.69) is 37.9 Å². The average Bonchev–Trinajstić information content (AvgIpc) is 2.98. The van der Waals surface area contributed by atoms with Crippen LogP contribution in [0.5, 0.6) is 0 Å².